The van der Waals surface area contributed by atoms with E-state index < -0.39 is 0 Å². The van der Waals surface area contributed by atoms with E-state index in [0.717, 1.165) is 49.8 Å². The van der Waals surface area contributed by atoms with Crippen LogP contribution in [0.5, 0.6) is 0 Å². The van der Waals surface area contributed by atoms with Crippen molar-refractivity contribution in [1.29, 1.82) is 0 Å². The Morgan fingerprint density at radius 3 is 1.69 bits per heavy atom. The van der Waals surface area contributed by atoms with Crippen LogP contribution in [0.3, 0.4) is 0 Å². The zero-order valence-electron chi connectivity index (χ0n) is 30.4. The van der Waals surface area contributed by atoms with E-state index in [9.17, 15) is 0 Å². The lowest BCUT2D eigenvalue weighted by atomic mass is 9.68. The third-order valence-electron chi connectivity index (χ3n) is 11.9. The number of fused-ring (bicyclic) bond motifs is 8. The van der Waals surface area contributed by atoms with Gasteiger partial charge in [0.15, 0.2) is 17.5 Å². The van der Waals surface area contributed by atoms with Crippen molar-refractivity contribution in [1.82, 2.24) is 15.0 Å². The first-order valence-corrected chi connectivity index (χ1v) is 19.4. The number of rotatable bonds is 5. The maximum atomic E-state index is 6.13. The van der Waals surface area contributed by atoms with E-state index in [1.807, 2.05) is 60.7 Å². The lowest BCUT2D eigenvalue weighted by molar-refractivity contribution is 0.353. The summed E-state index contributed by atoms with van der Waals surface area (Å²) in [7, 11) is 0. The Kier molecular flexibility index (Phi) is 7.38. The van der Waals surface area contributed by atoms with Crippen LogP contribution >= 0.6 is 0 Å². The number of aromatic nitrogens is 3. The van der Waals surface area contributed by atoms with Crippen LogP contribution in [0.4, 0.5) is 0 Å². The van der Waals surface area contributed by atoms with E-state index in [1.54, 1.807) is 0 Å². The summed E-state index contributed by atoms with van der Waals surface area (Å²) in [6, 6.07) is 58.3. The third-order valence-corrected chi connectivity index (χ3v) is 11.9. The number of para-hydroxylation sites is 1. The molecule has 4 heteroatoms. The monoisotopic (exact) mass is 707 g/mol. The van der Waals surface area contributed by atoms with E-state index in [1.165, 1.54) is 65.5 Å². The highest BCUT2D eigenvalue weighted by Crippen LogP contribution is 2.56. The van der Waals surface area contributed by atoms with Gasteiger partial charge in [-0.15, -0.1) is 0 Å². The summed E-state index contributed by atoms with van der Waals surface area (Å²) in [5.74, 6) is 1.89. The molecule has 2 aromatic heterocycles. The molecule has 0 amide bonds. The predicted octanol–water partition coefficient (Wildman–Crippen LogP) is 13.3. The highest BCUT2D eigenvalue weighted by atomic mass is 16.3. The maximum absolute atomic E-state index is 6.13. The summed E-state index contributed by atoms with van der Waals surface area (Å²) in [6.07, 6.45) is 6.43. The molecule has 1 spiro atoms. The lowest BCUT2D eigenvalue weighted by Crippen LogP contribution is -2.27. The van der Waals surface area contributed by atoms with Crippen LogP contribution in [-0.2, 0) is 5.41 Å². The highest BCUT2D eigenvalue weighted by molar-refractivity contribution is 6.06. The summed E-state index contributed by atoms with van der Waals surface area (Å²) in [5.41, 5.74) is 15.3. The first-order chi connectivity index (χ1) is 27.2. The van der Waals surface area contributed by atoms with Gasteiger partial charge in [0.25, 0.3) is 0 Å². The van der Waals surface area contributed by atoms with Crippen molar-refractivity contribution >= 4 is 21.9 Å². The van der Waals surface area contributed by atoms with Crippen LogP contribution < -0.4 is 0 Å². The molecule has 0 bridgehead atoms. The number of hydrogen-bond donors (Lipinski definition) is 0. The molecule has 1 fully saturated rings. The Labute approximate surface area is 320 Å². The lowest BCUT2D eigenvalue weighted by Gasteiger charge is -2.36. The minimum atomic E-state index is 0.167. The van der Waals surface area contributed by atoms with E-state index in [4.69, 9.17) is 19.4 Å². The van der Waals surface area contributed by atoms with E-state index in [2.05, 4.69) is 103 Å². The van der Waals surface area contributed by atoms with Crippen LogP contribution in [0.2, 0.25) is 0 Å². The molecule has 7 aromatic carbocycles. The first kappa shape index (κ1) is 31.8. The quantitative estimate of drug-likeness (QED) is 0.179. The van der Waals surface area contributed by atoms with Gasteiger partial charge >= 0.3 is 0 Å². The van der Waals surface area contributed by atoms with Gasteiger partial charge < -0.3 is 4.42 Å². The van der Waals surface area contributed by atoms with Gasteiger partial charge in [0.2, 0.25) is 0 Å². The molecule has 4 nitrogen and oxygen atoms in total. The van der Waals surface area contributed by atoms with Crippen molar-refractivity contribution in [3.05, 3.63) is 175 Å². The average Bonchev–Trinajstić information content (AvgIpc) is 3.76. The molecule has 0 aliphatic heterocycles. The number of nitrogens with zero attached hydrogens (tertiary/aromatic N) is 3. The van der Waals surface area contributed by atoms with Crippen LogP contribution in [-0.4, -0.2) is 15.0 Å². The predicted molar refractivity (Wildman–Crippen MR) is 224 cm³/mol. The Morgan fingerprint density at radius 2 is 0.909 bits per heavy atom. The van der Waals surface area contributed by atoms with Gasteiger partial charge in [-0.25, -0.2) is 15.0 Å². The fraction of sp³-hybridized carbons (Fsp3) is 0.118. The molecule has 0 atom stereocenters. The standard InChI is InChI=1S/C51H37N3O/c1-3-13-33(14-4-1)48-52-49(54-50(53-48)39-24-26-47-43(32-39)41-20-6-8-22-46(41)55-47)38-18-12-17-36(30-38)34-15-11-16-35(29-34)37-23-25-45-42(31-37)40-19-5-7-21-44(40)51(45)27-9-2-10-28-51/h1,3-8,11-26,29-32H,2,9-10,27-28H2. The van der Waals surface area contributed by atoms with Crippen molar-refractivity contribution in [2.24, 2.45) is 0 Å². The second kappa shape index (κ2) is 12.7. The van der Waals surface area contributed by atoms with Crippen molar-refractivity contribution in [2.75, 3.05) is 0 Å². The second-order valence-electron chi connectivity index (χ2n) is 15.1. The van der Waals surface area contributed by atoms with E-state index >= 15 is 0 Å². The van der Waals surface area contributed by atoms with Crippen LogP contribution in [0.25, 0.3) is 89.5 Å². The Bertz CT molecular complexity index is 2920. The van der Waals surface area contributed by atoms with Gasteiger partial charge in [0.05, 0.1) is 0 Å². The van der Waals surface area contributed by atoms with Crippen molar-refractivity contribution in [2.45, 2.75) is 37.5 Å². The summed E-state index contributed by atoms with van der Waals surface area (Å²) in [6.45, 7) is 0. The zero-order chi connectivity index (χ0) is 36.3. The molecule has 2 aliphatic carbocycles. The van der Waals surface area contributed by atoms with Gasteiger partial charge in [0, 0.05) is 32.9 Å². The molecule has 0 N–H and O–H groups in total. The zero-order valence-corrected chi connectivity index (χ0v) is 30.4. The van der Waals surface area contributed by atoms with Gasteiger partial charge in [-0.3, -0.25) is 0 Å². The average molecular weight is 708 g/mol. The Hall–Kier alpha value is -6.65. The number of benzene rings is 7. The van der Waals surface area contributed by atoms with Gasteiger partial charge in [-0.2, -0.15) is 0 Å². The Morgan fingerprint density at radius 1 is 0.364 bits per heavy atom. The summed E-state index contributed by atoms with van der Waals surface area (Å²) in [5, 5.41) is 2.11. The molecular weight excluding hydrogens is 671 g/mol. The molecule has 11 rings (SSSR count). The molecular formula is C51H37N3O. The summed E-state index contributed by atoms with van der Waals surface area (Å²) < 4.78 is 6.13. The summed E-state index contributed by atoms with van der Waals surface area (Å²) in [4.78, 5) is 15.2. The maximum Gasteiger partial charge on any atom is 0.164 e. The van der Waals surface area contributed by atoms with E-state index in [0.29, 0.717) is 17.5 Å². The third kappa shape index (κ3) is 5.32. The first-order valence-electron chi connectivity index (χ1n) is 19.4. The normalized spacial score (nSPS) is 14.3. The molecule has 0 saturated heterocycles. The van der Waals surface area contributed by atoms with E-state index in [-0.39, 0.29) is 5.41 Å². The fourth-order valence-electron chi connectivity index (χ4n) is 9.27. The largest absolute Gasteiger partial charge is 0.456 e. The highest BCUT2D eigenvalue weighted by Gasteiger charge is 2.43. The SMILES string of the molecule is c1ccc(-c2nc(-c3cccc(-c4cccc(-c5ccc6c(c5)-c5ccccc5C65CCCCC5)c4)c3)nc(-c3ccc4oc5ccccc5c4c3)n2)cc1. The van der Waals surface area contributed by atoms with Crippen molar-refractivity contribution in [3.63, 3.8) is 0 Å². The minimum absolute atomic E-state index is 0.167. The number of hydrogen-bond acceptors (Lipinski definition) is 4. The molecule has 1 saturated carbocycles. The summed E-state index contributed by atoms with van der Waals surface area (Å²) >= 11 is 0. The Balaban J connectivity index is 0.983. The molecule has 0 radical (unpaired) electrons. The molecule has 262 valence electrons. The second-order valence-corrected chi connectivity index (χ2v) is 15.1. The smallest absolute Gasteiger partial charge is 0.164 e. The van der Waals surface area contributed by atoms with Gasteiger partial charge in [-0.05, 0) is 99.8 Å². The van der Waals surface area contributed by atoms with Crippen LogP contribution in [0, 0.1) is 0 Å². The number of furan rings is 1. The molecule has 2 heterocycles. The molecule has 2 aliphatic rings. The topological polar surface area (TPSA) is 51.8 Å². The van der Waals surface area contributed by atoms with Crippen LogP contribution in [0.1, 0.15) is 43.2 Å². The van der Waals surface area contributed by atoms with Gasteiger partial charge in [-0.1, -0.05) is 141 Å². The van der Waals surface area contributed by atoms with Crippen molar-refractivity contribution in [3.8, 4) is 67.5 Å². The van der Waals surface area contributed by atoms with Gasteiger partial charge in [0.1, 0.15) is 11.2 Å². The molecule has 0 unspecified atom stereocenters. The minimum Gasteiger partial charge on any atom is -0.456 e. The van der Waals surface area contributed by atoms with Crippen molar-refractivity contribution < 1.29 is 4.42 Å². The fourth-order valence-corrected chi connectivity index (χ4v) is 9.27. The molecule has 55 heavy (non-hydrogen) atoms. The molecule has 9 aromatic rings. The van der Waals surface area contributed by atoms with Crippen LogP contribution in [0.15, 0.2) is 168 Å².